The Balaban J connectivity index is 1.59. The van der Waals surface area contributed by atoms with Gasteiger partial charge in [0.1, 0.15) is 12.2 Å². The average molecular weight is 523 g/mol. The van der Waals surface area contributed by atoms with E-state index in [1.54, 1.807) is 23.1 Å². The first kappa shape index (κ1) is 26.2. The van der Waals surface area contributed by atoms with Gasteiger partial charge in [0.2, 0.25) is 11.8 Å². The molecule has 4 atom stereocenters. The number of benzene rings is 2. The van der Waals surface area contributed by atoms with E-state index in [2.05, 4.69) is 5.32 Å². The molecular weight excluding hydrogens is 488 g/mol. The Labute approximate surface area is 221 Å². The summed E-state index contributed by atoms with van der Waals surface area (Å²) in [5, 5.41) is 33.6. The second-order valence-electron chi connectivity index (χ2n) is 10.1. The molecule has 4 unspecified atom stereocenters. The highest BCUT2D eigenvalue weighted by Gasteiger charge is 2.52. The zero-order chi connectivity index (χ0) is 26.8. The summed E-state index contributed by atoms with van der Waals surface area (Å²) in [5.74, 6) is -0.423. The van der Waals surface area contributed by atoms with Crippen LogP contribution in [0.1, 0.15) is 41.9 Å². The number of nitrogens with zero attached hydrogens (tertiary/aromatic N) is 1. The van der Waals surface area contributed by atoms with Gasteiger partial charge in [-0.15, -0.1) is 0 Å². The molecule has 3 aliphatic rings. The molecule has 4 N–H and O–H groups in total. The van der Waals surface area contributed by atoms with Crippen molar-refractivity contribution in [2.75, 3.05) is 20.3 Å². The van der Waals surface area contributed by atoms with Crippen molar-refractivity contribution in [2.24, 2.45) is 5.92 Å². The van der Waals surface area contributed by atoms with Gasteiger partial charge in [-0.05, 0) is 42.2 Å². The maximum Gasteiger partial charge on any atom is 0.247 e. The quantitative estimate of drug-likeness (QED) is 0.394. The molecule has 38 heavy (non-hydrogen) atoms. The molecule has 0 saturated heterocycles. The van der Waals surface area contributed by atoms with Crippen LogP contribution >= 0.6 is 0 Å². The largest absolute Gasteiger partial charge is 0.493 e. The summed E-state index contributed by atoms with van der Waals surface area (Å²) < 4.78 is 11.8. The maximum absolute atomic E-state index is 13.7. The van der Waals surface area contributed by atoms with E-state index >= 15 is 0 Å². The predicted octanol–water partition coefficient (Wildman–Crippen LogP) is 1.64. The van der Waals surface area contributed by atoms with Gasteiger partial charge in [-0.25, -0.2) is 0 Å². The van der Waals surface area contributed by atoms with Crippen LogP contribution in [0.2, 0.25) is 0 Å². The van der Waals surface area contributed by atoms with E-state index < -0.39 is 30.1 Å². The lowest BCUT2D eigenvalue weighted by Gasteiger charge is -2.42. The fourth-order valence-electron chi connectivity index (χ4n) is 5.62. The van der Waals surface area contributed by atoms with E-state index in [1.165, 1.54) is 7.11 Å². The number of rotatable bonds is 9. The molecule has 0 bridgehead atoms. The Morgan fingerprint density at radius 3 is 2.53 bits per heavy atom. The number of carbonyl (C=O) groups is 2. The Kier molecular flexibility index (Phi) is 7.69. The van der Waals surface area contributed by atoms with Crippen LogP contribution in [0.3, 0.4) is 0 Å². The number of amides is 2. The Morgan fingerprint density at radius 2 is 1.89 bits per heavy atom. The van der Waals surface area contributed by atoms with E-state index in [9.17, 15) is 24.9 Å². The zero-order valence-corrected chi connectivity index (χ0v) is 21.4. The maximum atomic E-state index is 13.7. The molecule has 2 amide bonds. The summed E-state index contributed by atoms with van der Waals surface area (Å²) in [6, 6.07) is 12.2. The molecular formula is C29H34N2O7. The molecule has 5 rings (SSSR count). The monoisotopic (exact) mass is 522 g/mol. The SMILES string of the molecule is COc1cc(CO)cc2c1OC1C2C(C(=O)NCCO)=CC(N(Cc2ccccc2)C(=O)C2CCC2)C1O. The van der Waals surface area contributed by atoms with E-state index in [0.717, 1.165) is 24.8 Å². The van der Waals surface area contributed by atoms with Crippen molar-refractivity contribution in [1.82, 2.24) is 10.2 Å². The molecule has 0 spiro atoms. The van der Waals surface area contributed by atoms with Crippen LogP contribution in [0, 0.1) is 5.92 Å². The van der Waals surface area contributed by atoms with Crippen LogP contribution in [0.15, 0.2) is 54.1 Å². The van der Waals surface area contributed by atoms with Crippen LogP contribution in [0.5, 0.6) is 11.5 Å². The average Bonchev–Trinajstić information content (AvgIpc) is 3.30. The standard InChI is InChI=1S/C29H34N2O7/c1-37-23-13-18(16-33)12-20-24-21(28(35)30-10-11-32)14-22(25(34)27(24)38-26(20)23)31(29(36)19-8-5-9-19)15-17-6-3-2-4-7-17/h2-4,6-7,12-14,19,22,24-25,27,32-34H,5,8-11,15-16H2,1H3,(H,30,35). The van der Waals surface area contributed by atoms with Gasteiger partial charge in [-0.3, -0.25) is 9.59 Å². The van der Waals surface area contributed by atoms with Crippen molar-refractivity contribution in [2.45, 2.75) is 56.6 Å². The molecule has 2 aliphatic carbocycles. The zero-order valence-electron chi connectivity index (χ0n) is 21.4. The molecule has 202 valence electrons. The van der Waals surface area contributed by atoms with Gasteiger partial charge in [0.05, 0.1) is 32.3 Å². The van der Waals surface area contributed by atoms with Crippen molar-refractivity contribution in [1.29, 1.82) is 0 Å². The molecule has 2 aromatic rings. The molecule has 1 saturated carbocycles. The van der Waals surface area contributed by atoms with Crippen molar-refractivity contribution in [3.63, 3.8) is 0 Å². The third-order valence-electron chi connectivity index (χ3n) is 7.79. The Morgan fingerprint density at radius 1 is 1.13 bits per heavy atom. The number of hydrogen-bond acceptors (Lipinski definition) is 7. The second-order valence-corrected chi connectivity index (χ2v) is 10.1. The summed E-state index contributed by atoms with van der Waals surface area (Å²) in [6.45, 7) is -0.122. The molecule has 1 heterocycles. The molecule has 2 aromatic carbocycles. The minimum absolute atomic E-state index is 0.0513. The number of hydrogen-bond donors (Lipinski definition) is 4. The van der Waals surface area contributed by atoms with Crippen molar-refractivity contribution in [3.8, 4) is 11.5 Å². The molecule has 0 radical (unpaired) electrons. The first-order valence-electron chi connectivity index (χ1n) is 13.1. The highest BCUT2D eigenvalue weighted by Crippen LogP contribution is 2.51. The number of aliphatic hydroxyl groups excluding tert-OH is 3. The number of ether oxygens (including phenoxy) is 2. The minimum Gasteiger partial charge on any atom is -0.493 e. The van der Waals surface area contributed by atoms with Crippen LogP contribution < -0.4 is 14.8 Å². The second kappa shape index (κ2) is 11.1. The first-order valence-corrected chi connectivity index (χ1v) is 13.1. The van der Waals surface area contributed by atoms with Gasteiger partial charge in [0, 0.05) is 30.1 Å². The number of carbonyl (C=O) groups excluding carboxylic acids is 2. The minimum atomic E-state index is -1.13. The fraction of sp³-hybridized carbons (Fsp3) is 0.448. The van der Waals surface area contributed by atoms with E-state index in [-0.39, 0.29) is 38.1 Å². The lowest BCUT2D eigenvalue weighted by Crippen LogP contribution is -2.56. The smallest absolute Gasteiger partial charge is 0.247 e. The fourth-order valence-corrected chi connectivity index (χ4v) is 5.62. The number of aliphatic hydroxyl groups is 3. The highest BCUT2D eigenvalue weighted by atomic mass is 16.5. The van der Waals surface area contributed by atoms with Crippen LogP contribution in [0.25, 0.3) is 0 Å². The first-order chi connectivity index (χ1) is 18.5. The van der Waals surface area contributed by atoms with Crippen molar-refractivity contribution in [3.05, 3.63) is 70.8 Å². The Hall–Kier alpha value is -3.40. The van der Waals surface area contributed by atoms with Gasteiger partial charge in [-0.1, -0.05) is 36.8 Å². The molecule has 9 nitrogen and oxygen atoms in total. The van der Waals surface area contributed by atoms with E-state index in [1.807, 2.05) is 30.3 Å². The lowest BCUT2D eigenvalue weighted by atomic mass is 9.76. The number of nitrogens with one attached hydrogen (secondary N) is 1. The summed E-state index contributed by atoms with van der Waals surface area (Å²) in [7, 11) is 1.49. The van der Waals surface area contributed by atoms with Crippen LogP contribution in [-0.4, -0.2) is 70.5 Å². The molecule has 1 fully saturated rings. The number of methoxy groups -OCH3 is 1. The molecule has 1 aliphatic heterocycles. The van der Waals surface area contributed by atoms with Crippen molar-refractivity contribution < 1.29 is 34.4 Å². The topological polar surface area (TPSA) is 129 Å². The summed E-state index contributed by atoms with van der Waals surface area (Å²) in [4.78, 5) is 28.8. The lowest BCUT2D eigenvalue weighted by molar-refractivity contribution is -0.145. The predicted molar refractivity (Wildman–Crippen MR) is 138 cm³/mol. The summed E-state index contributed by atoms with van der Waals surface area (Å²) in [5.41, 5.74) is 2.47. The Bertz CT molecular complexity index is 1210. The normalized spacial score (nSPS) is 23.8. The van der Waals surface area contributed by atoms with Gasteiger partial charge < -0.3 is 35.0 Å². The van der Waals surface area contributed by atoms with E-state index in [4.69, 9.17) is 9.47 Å². The van der Waals surface area contributed by atoms with Gasteiger partial charge >= 0.3 is 0 Å². The molecule has 0 aromatic heterocycles. The van der Waals surface area contributed by atoms with Gasteiger partial charge in [-0.2, -0.15) is 0 Å². The third-order valence-corrected chi connectivity index (χ3v) is 7.79. The van der Waals surface area contributed by atoms with E-state index in [0.29, 0.717) is 28.2 Å². The molecule has 9 heteroatoms. The summed E-state index contributed by atoms with van der Waals surface area (Å²) in [6.07, 6.45) is 2.28. The van der Waals surface area contributed by atoms with Gasteiger partial charge in [0.15, 0.2) is 11.5 Å². The van der Waals surface area contributed by atoms with Gasteiger partial charge in [0.25, 0.3) is 0 Å². The van der Waals surface area contributed by atoms with Crippen LogP contribution in [-0.2, 0) is 22.7 Å². The number of fused-ring (bicyclic) bond motifs is 3. The summed E-state index contributed by atoms with van der Waals surface area (Å²) >= 11 is 0. The highest BCUT2D eigenvalue weighted by molar-refractivity contribution is 5.96. The third kappa shape index (κ3) is 4.77. The van der Waals surface area contributed by atoms with Crippen molar-refractivity contribution >= 4 is 11.8 Å². The van der Waals surface area contributed by atoms with Crippen LogP contribution in [0.4, 0.5) is 0 Å².